The van der Waals surface area contributed by atoms with Gasteiger partial charge in [-0.25, -0.2) is 0 Å². The average molecular weight is 539 g/mol. The number of nitrogens with zero attached hydrogens (tertiary/aromatic N) is 1. The van der Waals surface area contributed by atoms with Crippen LogP contribution >= 0.6 is 0 Å². The maximum absolute atomic E-state index is 4.00. The van der Waals surface area contributed by atoms with E-state index in [0.29, 0.717) is 0 Å². The van der Waals surface area contributed by atoms with Crippen LogP contribution in [0.5, 0.6) is 0 Å². The van der Waals surface area contributed by atoms with Gasteiger partial charge in [0.2, 0.25) is 0 Å². The highest BCUT2D eigenvalue weighted by atomic mass is 15.2. The van der Waals surface area contributed by atoms with Gasteiger partial charge >= 0.3 is 0 Å². The largest absolute Gasteiger partial charge is 0.361 e. The maximum Gasteiger partial charge on any atom is 0.124 e. The molecule has 1 aromatic heterocycles. The summed E-state index contributed by atoms with van der Waals surface area (Å²) in [4.78, 5) is 0. The van der Waals surface area contributed by atoms with Gasteiger partial charge in [0, 0.05) is 26.8 Å². The molecular formula is C40H30N2. The normalized spacial score (nSPS) is 16.6. The molecule has 1 unspecified atom stereocenters. The van der Waals surface area contributed by atoms with Crippen molar-refractivity contribution >= 4 is 44.4 Å². The van der Waals surface area contributed by atoms with Crippen molar-refractivity contribution in [3.05, 3.63) is 155 Å². The van der Waals surface area contributed by atoms with Crippen LogP contribution in [0, 0.1) is 0 Å². The first kappa shape index (κ1) is 23.6. The van der Waals surface area contributed by atoms with E-state index in [1.807, 2.05) is 0 Å². The predicted molar refractivity (Wildman–Crippen MR) is 176 cm³/mol. The molecule has 0 bridgehead atoms. The smallest absolute Gasteiger partial charge is 0.124 e. The standard InChI is InChI=1S/C40H30N2/c1-40(2)32-22-12-10-20-30(32)35-36-31-21-11-13-23-33(31)42(39(36)29-19-9-8-18-28(29)37(35)40)34-24-26-16-6-7-17-27(26)38(41-34)25-14-4-3-5-15-25/h3-24,34,41H,1-2H3. The quantitative estimate of drug-likeness (QED) is 0.236. The van der Waals surface area contributed by atoms with Gasteiger partial charge in [-0.3, -0.25) is 0 Å². The molecule has 2 heteroatoms. The Morgan fingerprint density at radius 3 is 2.17 bits per heavy atom. The minimum atomic E-state index is -0.0919. The van der Waals surface area contributed by atoms with Crippen LogP contribution in [-0.4, -0.2) is 4.57 Å². The zero-order valence-corrected chi connectivity index (χ0v) is 23.7. The predicted octanol–water partition coefficient (Wildman–Crippen LogP) is 7.99. The summed E-state index contributed by atoms with van der Waals surface area (Å²) in [6.07, 6.45) is 2.33. The zero-order chi connectivity index (χ0) is 28.0. The molecule has 0 amide bonds. The second-order valence-corrected chi connectivity index (χ2v) is 12.2. The molecular weight excluding hydrogens is 508 g/mol. The van der Waals surface area contributed by atoms with Crippen molar-refractivity contribution < 1.29 is 0 Å². The third-order valence-corrected chi connectivity index (χ3v) is 9.56. The van der Waals surface area contributed by atoms with Gasteiger partial charge in [0.05, 0.1) is 16.7 Å². The first-order chi connectivity index (χ1) is 20.6. The summed E-state index contributed by atoms with van der Waals surface area (Å²) in [5, 5.41) is 11.8. The van der Waals surface area contributed by atoms with E-state index in [0.717, 1.165) is 0 Å². The summed E-state index contributed by atoms with van der Waals surface area (Å²) < 4.78 is 2.56. The van der Waals surface area contributed by atoms with Gasteiger partial charge in [-0.1, -0.05) is 135 Å². The first-order valence-corrected chi connectivity index (χ1v) is 14.8. The number of fused-ring (bicyclic) bond motifs is 11. The van der Waals surface area contributed by atoms with E-state index in [1.165, 1.54) is 76.5 Å². The molecule has 2 aliphatic rings. The molecule has 200 valence electrons. The SMILES string of the molecule is CC1(C)c2ccccc2-c2c1c1ccccc1c1c2c2ccccc2n1C1C=c2ccccc2=C(c2ccccc2)N1. The van der Waals surface area contributed by atoms with Crippen LogP contribution in [0.3, 0.4) is 0 Å². The minimum absolute atomic E-state index is 0.0661. The minimum Gasteiger partial charge on any atom is -0.361 e. The van der Waals surface area contributed by atoms with Crippen molar-refractivity contribution in [1.82, 2.24) is 9.88 Å². The van der Waals surface area contributed by atoms with Gasteiger partial charge in [-0.15, -0.1) is 0 Å². The lowest BCUT2D eigenvalue weighted by atomic mass is 9.79. The lowest BCUT2D eigenvalue weighted by Gasteiger charge is -2.27. The molecule has 6 aromatic carbocycles. The molecule has 0 saturated carbocycles. The van der Waals surface area contributed by atoms with E-state index in [1.54, 1.807) is 0 Å². The molecule has 42 heavy (non-hydrogen) atoms. The zero-order valence-electron chi connectivity index (χ0n) is 23.7. The summed E-state index contributed by atoms with van der Waals surface area (Å²) in [5.74, 6) is 0. The van der Waals surface area contributed by atoms with Crippen LogP contribution in [0.4, 0.5) is 0 Å². The Morgan fingerprint density at radius 2 is 1.31 bits per heavy atom. The van der Waals surface area contributed by atoms with E-state index < -0.39 is 0 Å². The lowest BCUT2D eigenvalue weighted by molar-refractivity contribution is 0.617. The fourth-order valence-electron chi connectivity index (χ4n) is 7.83. The summed E-state index contributed by atoms with van der Waals surface area (Å²) in [6.45, 7) is 4.78. The Balaban J connectivity index is 1.45. The van der Waals surface area contributed by atoms with E-state index in [-0.39, 0.29) is 11.6 Å². The number of rotatable bonds is 2. The van der Waals surface area contributed by atoms with Gasteiger partial charge in [-0.05, 0) is 50.6 Å². The van der Waals surface area contributed by atoms with E-state index in [4.69, 9.17) is 0 Å². The molecule has 1 aliphatic heterocycles. The maximum atomic E-state index is 4.00. The molecule has 9 rings (SSSR count). The third kappa shape index (κ3) is 3.04. The van der Waals surface area contributed by atoms with Crippen molar-refractivity contribution in [3.63, 3.8) is 0 Å². The number of nitrogens with one attached hydrogen (secondary N) is 1. The van der Waals surface area contributed by atoms with Crippen LogP contribution in [0.2, 0.25) is 0 Å². The third-order valence-electron chi connectivity index (χ3n) is 9.56. The molecule has 1 aliphatic carbocycles. The molecule has 0 fully saturated rings. The van der Waals surface area contributed by atoms with Crippen molar-refractivity contribution in [2.45, 2.75) is 25.4 Å². The van der Waals surface area contributed by atoms with E-state index in [2.05, 4.69) is 157 Å². The number of hydrogen-bond acceptors (Lipinski definition) is 1. The molecule has 0 radical (unpaired) electrons. The van der Waals surface area contributed by atoms with Gasteiger partial charge in [0.15, 0.2) is 0 Å². The fraction of sp³-hybridized carbons (Fsp3) is 0.100. The fourth-order valence-corrected chi connectivity index (χ4v) is 7.83. The molecule has 1 atom stereocenters. The van der Waals surface area contributed by atoms with E-state index >= 15 is 0 Å². The van der Waals surface area contributed by atoms with Crippen molar-refractivity contribution in [2.24, 2.45) is 0 Å². The van der Waals surface area contributed by atoms with Crippen LogP contribution in [0.15, 0.2) is 127 Å². The Bertz CT molecular complexity index is 2360. The monoisotopic (exact) mass is 538 g/mol. The Morgan fingerprint density at radius 1 is 0.643 bits per heavy atom. The van der Waals surface area contributed by atoms with Crippen molar-refractivity contribution in [3.8, 4) is 11.1 Å². The topological polar surface area (TPSA) is 17.0 Å². The van der Waals surface area contributed by atoms with Crippen LogP contribution < -0.4 is 15.8 Å². The molecule has 2 heterocycles. The van der Waals surface area contributed by atoms with Crippen LogP contribution in [-0.2, 0) is 5.41 Å². The summed E-state index contributed by atoms with van der Waals surface area (Å²) in [5.41, 5.74) is 10.4. The first-order valence-electron chi connectivity index (χ1n) is 14.8. The highest BCUT2D eigenvalue weighted by Crippen LogP contribution is 2.56. The number of aromatic nitrogens is 1. The number of benzene rings is 6. The van der Waals surface area contributed by atoms with Gasteiger partial charge < -0.3 is 9.88 Å². The Kier molecular flexibility index (Phi) is 4.76. The van der Waals surface area contributed by atoms with E-state index in [9.17, 15) is 0 Å². The summed E-state index contributed by atoms with van der Waals surface area (Å²) in [7, 11) is 0. The highest BCUT2D eigenvalue weighted by Gasteiger charge is 2.39. The molecule has 0 spiro atoms. The Labute approximate surface area is 244 Å². The van der Waals surface area contributed by atoms with Crippen LogP contribution in [0.1, 0.15) is 36.7 Å². The average Bonchev–Trinajstić information content (AvgIpc) is 3.51. The number of hydrogen-bond donors (Lipinski definition) is 1. The van der Waals surface area contributed by atoms with Crippen LogP contribution in [0.25, 0.3) is 55.5 Å². The van der Waals surface area contributed by atoms with Gasteiger partial charge in [0.1, 0.15) is 6.17 Å². The molecule has 1 N–H and O–H groups in total. The van der Waals surface area contributed by atoms with Crippen molar-refractivity contribution in [1.29, 1.82) is 0 Å². The van der Waals surface area contributed by atoms with Crippen molar-refractivity contribution in [2.75, 3.05) is 0 Å². The van der Waals surface area contributed by atoms with Gasteiger partial charge in [0.25, 0.3) is 0 Å². The Hall–Kier alpha value is -5.08. The van der Waals surface area contributed by atoms with Gasteiger partial charge in [-0.2, -0.15) is 0 Å². The molecule has 2 nitrogen and oxygen atoms in total. The lowest BCUT2D eigenvalue weighted by Crippen LogP contribution is -2.41. The summed E-state index contributed by atoms with van der Waals surface area (Å²) >= 11 is 0. The highest BCUT2D eigenvalue weighted by molar-refractivity contribution is 6.26. The number of para-hydroxylation sites is 1. The second kappa shape index (κ2) is 8.47. The second-order valence-electron chi connectivity index (χ2n) is 12.2. The molecule has 0 saturated heterocycles. The molecule has 7 aromatic rings. The summed E-state index contributed by atoms with van der Waals surface area (Å²) in [6, 6.07) is 46.5.